The molecule has 1 unspecified atom stereocenters. The molecule has 1 amide bonds. The molecule has 2 heterocycles. The van der Waals surface area contributed by atoms with Crippen molar-refractivity contribution in [3.63, 3.8) is 0 Å². The lowest BCUT2D eigenvalue weighted by atomic mass is 9.87. The monoisotopic (exact) mass is 531 g/mol. The van der Waals surface area contributed by atoms with Crippen LogP contribution in [0, 0.1) is 0 Å². The number of benzene rings is 1. The van der Waals surface area contributed by atoms with Crippen LogP contribution in [0.4, 0.5) is 5.69 Å². The number of carbonyl (C=O) groups is 3. The number of aromatic nitrogens is 2. The molecule has 0 aliphatic heterocycles. The number of amides is 1. The molecule has 204 valence electrons. The predicted molar refractivity (Wildman–Crippen MR) is 145 cm³/mol. The van der Waals surface area contributed by atoms with Crippen LogP contribution in [0.3, 0.4) is 0 Å². The molecule has 1 aromatic carbocycles. The Kier molecular flexibility index (Phi) is 9.71. The molecule has 39 heavy (non-hydrogen) atoms. The molecular weight excluding hydrogens is 498 g/mol. The Morgan fingerprint density at radius 3 is 1.77 bits per heavy atom. The molecule has 1 saturated carbocycles. The minimum atomic E-state index is -1.03. The maximum absolute atomic E-state index is 13.2. The standard InChI is InChI=1S/C29H33N5O5/c35-27(32-22-13-11-21(12-14-22)29(38)39)19-33(17-23-7-3-5-15-30-23)25-9-1-2-10-26(25)34(20-28(36)37)18-24-8-4-6-16-31-24/h3-8,11-16,25-26H,1-2,9-10,17-20H2,(H,32,35)(H,36,37)(H,38,39)/t25?,26-/m0/s1. The highest BCUT2D eigenvalue weighted by atomic mass is 16.4. The molecule has 1 fully saturated rings. The predicted octanol–water partition coefficient (Wildman–Crippen LogP) is 3.51. The van der Waals surface area contributed by atoms with Gasteiger partial charge in [-0.3, -0.25) is 29.4 Å². The van der Waals surface area contributed by atoms with Crippen molar-refractivity contribution < 1.29 is 24.6 Å². The first-order valence-corrected chi connectivity index (χ1v) is 13.0. The van der Waals surface area contributed by atoms with Gasteiger partial charge in [-0.2, -0.15) is 0 Å². The van der Waals surface area contributed by atoms with Crippen LogP contribution in [-0.4, -0.2) is 73.0 Å². The van der Waals surface area contributed by atoms with Gasteiger partial charge in [-0.15, -0.1) is 0 Å². The van der Waals surface area contributed by atoms with Crippen molar-refractivity contribution in [3.8, 4) is 0 Å². The minimum Gasteiger partial charge on any atom is -0.480 e. The van der Waals surface area contributed by atoms with E-state index in [2.05, 4.69) is 20.2 Å². The van der Waals surface area contributed by atoms with Crippen LogP contribution < -0.4 is 5.32 Å². The summed E-state index contributed by atoms with van der Waals surface area (Å²) in [5, 5.41) is 21.7. The first kappa shape index (κ1) is 27.9. The highest BCUT2D eigenvalue weighted by Crippen LogP contribution is 2.29. The number of carboxylic acids is 2. The summed E-state index contributed by atoms with van der Waals surface area (Å²) in [6.07, 6.45) is 6.99. The summed E-state index contributed by atoms with van der Waals surface area (Å²) in [5.74, 6) is -2.18. The molecule has 3 N–H and O–H groups in total. The molecule has 10 nitrogen and oxygen atoms in total. The van der Waals surface area contributed by atoms with Crippen LogP contribution >= 0.6 is 0 Å². The number of hydrogen-bond donors (Lipinski definition) is 3. The van der Waals surface area contributed by atoms with Gasteiger partial charge in [-0.05, 0) is 61.4 Å². The van der Waals surface area contributed by atoms with E-state index in [1.165, 1.54) is 12.1 Å². The quantitative estimate of drug-likeness (QED) is 0.321. The summed E-state index contributed by atoms with van der Waals surface area (Å²) in [6.45, 7) is 0.770. The van der Waals surface area contributed by atoms with Crippen molar-refractivity contribution in [1.82, 2.24) is 19.8 Å². The summed E-state index contributed by atoms with van der Waals surface area (Å²) in [7, 11) is 0. The van der Waals surface area contributed by atoms with Crippen LogP contribution in [-0.2, 0) is 22.7 Å². The number of nitrogens with zero attached hydrogens (tertiary/aromatic N) is 4. The van der Waals surface area contributed by atoms with E-state index in [9.17, 15) is 19.5 Å². The minimum absolute atomic E-state index is 0.0723. The molecule has 0 spiro atoms. The first-order chi connectivity index (χ1) is 18.9. The number of pyridine rings is 2. The van der Waals surface area contributed by atoms with Gasteiger partial charge in [0.05, 0.1) is 30.0 Å². The van der Waals surface area contributed by atoms with Gasteiger partial charge in [0, 0.05) is 43.3 Å². The van der Waals surface area contributed by atoms with Crippen molar-refractivity contribution in [2.75, 3.05) is 18.4 Å². The fraction of sp³-hybridized carbons (Fsp3) is 0.345. The average Bonchev–Trinajstić information content (AvgIpc) is 2.93. The number of nitrogens with one attached hydrogen (secondary N) is 1. The number of aliphatic carboxylic acids is 1. The Morgan fingerprint density at radius 2 is 1.31 bits per heavy atom. The van der Waals surface area contributed by atoms with E-state index in [1.807, 2.05) is 41.3 Å². The fourth-order valence-corrected chi connectivity index (χ4v) is 5.18. The summed E-state index contributed by atoms with van der Waals surface area (Å²) in [4.78, 5) is 49.2. The second kappa shape index (κ2) is 13.6. The molecule has 0 saturated heterocycles. The van der Waals surface area contributed by atoms with E-state index in [1.54, 1.807) is 24.5 Å². The summed E-state index contributed by atoms with van der Waals surface area (Å²) < 4.78 is 0. The lowest BCUT2D eigenvalue weighted by Gasteiger charge is -2.44. The van der Waals surface area contributed by atoms with E-state index in [0.29, 0.717) is 18.8 Å². The Morgan fingerprint density at radius 1 is 0.769 bits per heavy atom. The third kappa shape index (κ3) is 8.17. The Balaban J connectivity index is 1.57. The summed E-state index contributed by atoms with van der Waals surface area (Å²) >= 11 is 0. The topological polar surface area (TPSA) is 136 Å². The van der Waals surface area contributed by atoms with Crippen molar-refractivity contribution >= 4 is 23.5 Å². The van der Waals surface area contributed by atoms with E-state index >= 15 is 0 Å². The lowest BCUT2D eigenvalue weighted by molar-refractivity contribution is -0.140. The molecule has 0 bridgehead atoms. The van der Waals surface area contributed by atoms with Crippen molar-refractivity contribution in [1.29, 1.82) is 0 Å². The zero-order valence-corrected chi connectivity index (χ0v) is 21.6. The summed E-state index contributed by atoms with van der Waals surface area (Å²) in [5.41, 5.74) is 2.25. The number of carboxylic acid groups (broad SMARTS) is 2. The van der Waals surface area contributed by atoms with Gasteiger partial charge < -0.3 is 15.5 Å². The number of aromatic carboxylic acids is 1. The molecule has 2 aromatic heterocycles. The Bertz CT molecular complexity index is 1240. The highest BCUT2D eigenvalue weighted by molar-refractivity contribution is 5.93. The molecule has 1 aliphatic rings. The van der Waals surface area contributed by atoms with E-state index in [0.717, 1.165) is 37.1 Å². The largest absolute Gasteiger partial charge is 0.480 e. The van der Waals surface area contributed by atoms with Gasteiger partial charge in [0.25, 0.3) is 0 Å². The van der Waals surface area contributed by atoms with Crippen molar-refractivity contribution in [2.24, 2.45) is 0 Å². The molecule has 4 rings (SSSR count). The van der Waals surface area contributed by atoms with E-state index < -0.39 is 11.9 Å². The number of hydrogen-bond acceptors (Lipinski definition) is 7. The lowest BCUT2D eigenvalue weighted by Crippen LogP contribution is -2.55. The smallest absolute Gasteiger partial charge is 0.335 e. The zero-order chi connectivity index (χ0) is 27.6. The first-order valence-electron chi connectivity index (χ1n) is 13.0. The maximum Gasteiger partial charge on any atom is 0.335 e. The van der Waals surface area contributed by atoms with Crippen LogP contribution in [0.1, 0.15) is 47.4 Å². The highest BCUT2D eigenvalue weighted by Gasteiger charge is 2.36. The SMILES string of the molecule is O=C(O)CN(Cc1ccccn1)[C@H]1CCCCC1N(CC(=O)Nc1ccc(C(=O)O)cc1)Cc1ccccn1. The third-order valence-electron chi connectivity index (χ3n) is 6.92. The van der Waals surface area contributed by atoms with Crippen LogP contribution in [0.2, 0.25) is 0 Å². The molecular formula is C29H33N5O5. The summed E-state index contributed by atoms with van der Waals surface area (Å²) in [6, 6.07) is 17.1. The van der Waals surface area contributed by atoms with Crippen molar-refractivity contribution in [2.45, 2.75) is 50.9 Å². The van der Waals surface area contributed by atoms with E-state index in [4.69, 9.17) is 5.11 Å². The second-order valence-corrected chi connectivity index (χ2v) is 9.70. The number of carbonyl (C=O) groups excluding carboxylic acids is 1. The number of anilines is 1. The fourth-order valence-electron chi connectivity index (χ4n) is 5.18. The van der Waals surface area contributed by atoms with Crippen LogP contribution in [0.25, 0.3) is 0 Å². The van der Waals surface area contributed by atoms with Gasteiger partial charge >= 0.3 is 11.9 Å². The van der Waals surface area contributed by atoms with E-state index in [-0.39, 0.29) is 36.6 Å². The molecule has 0 radical (unpaired) electrons. The van der Waals surface area contributed by atoms with Gasteiger partial charge in [0.2, 0.25) is 5.91 Å². The maximum atomic E-state index is 13.2. The molecule has 1 aliphatic carbocycles. The molecule has 3 aromatic rings. The normalized spacial score (nSPS) is 17.2. The molecule has 10 heteroatoms. The Hall–Kier alpha value is -4.15. The average molecular weight is 532 g/mol. The van der Waals surface area contributed by atoms with Crippen LogP contribution in [0.15, 0.2) is 73.1 Å². The number of rotatable bonds is 12. The molecule has 2 atom stereocenters. The van der Waals surface area contributed by atoms with Gasteiger partial charge in [0.15, 0.2) is 0 Å². The van der Waals surface area contributed by atoms with Crippen molar-refractivity contribution in [3.05, 3.63) is 90.0 Å². The van der Waals surface area contributed by atoms with Gasteiger partial charge in [-0.1, -0.05) is 25.0 Å². The van der Waals surface area contributed by atoms with Crippen LogP contribution in [0.5, 0.6) is 0 Å². The van der Waals surface area contributed by atoms with Gasteiger partial charge in [0.1, 0.15) is 0 Å². The Labute approximate surface area is 227 Å². The van der Waals surface area contributed by atoms with Gasteiger partial charge in [-0.25, -0.2) is 4.79 Å². The second-order valence-electron chi connectivity index (χ2n) is 9.70. The third-order valence-corrected chi connectivity index (χ3v) is 6.92. The zero-order valence-electron chi connectivity index (χ0n) is 21.6.